The standard InChI is InChI=1S/C16H19N7O/c1-2-21(11-12-22-10-6-9-18-22)16(24)15(23-13-17-19-20-23)14-7-4-3-5-8-14/h3-10,13,15H,2,11-12H2,1H3. The summed E-state index contributed by atoms with van der Waals surface area (Å²) in [6.07, 6.45) is 5.08. The molecule has 2 aromatic heterocycles. The third-order valence-electron chi connectivity index (χ3n) is 3.83. The molecule has 8 heteroatoms. The van der Waals surface area contributed by atoms with Crippen LogP contribution < -0.4 is 0 Å². The largest absolute Gasteiger partial charge is 0.339 e. The Morgan fingerprint density at radius 1 is 1.25 bits per heavy atom. The van der Waals surface area contributed by atoms with Crippen LogP contribution in [0, 0.1) is 0 Å². The third-order valence-corrected chi connectivity index (χ3v) is 3.83. The fraction of sp³-hybridized carbons (Fsp3) is 0.312. The highest BCUT2D eigenvalue weighted by Gasteiger charge is 2.27. The predicted molar refractivity (Wildman–Crippen MR) is 86.9 cm³/mol. The molecular weight excluding hydrogens is 306 g/mol. The van der Waals surface area contributed by atoms with Gasteiger partial charge in [0, 0.05) is 25.5 Å². The summed E-state index contributed by atoms with van der Waals surface area (Å²) in [6.45, 7) is 3.78. The number of hydrogen-bond donors (Lipinski definition) is 0. The fourth-order valence-corrected chi connectivity index (χ4v) is 2.58. The first-order valence-electron chi connectivity index (χ1n) is 7.83. The average molecular weight is 325 g/mol. The maximum Gasteiger partial charge on any atom is 0.252 e. The summed E-state index contributed by atoms with van der Waals surface area (Å²) in [5.41, 5.74) is 0.854. The molecule has 3 aromatic rings. The number of amides is 1. The quantitative estimate of drug-likeness (QED) is 0.647. The molecule has 1 amide bonds. The summed E-state index contributed by atoms with van der Waals surface area (Å²) in [6, 6.07) is 10.8. The van der Waals surface area contributed by atoms with Crippen molar-refractivity contribution in [3.05, 3.63) is 60.7 Å². The van der Waals surface area contributed by atoms with Crippen LogP contribution in [0.25, 0.3) is 0 Å². The van der Waals surface area contributed by atoms with Crippen molar-refractivity contribution in [2.75, 3.05) is 13.1 Å². The van der Waals surface area contributed by atoms with E-state index in [1.165, 1.54) is 11.0 Å². The van der Waals surface area contributed by atoms with E-state index in [9.17, 15) is 4.79 Å². The third kappa shape index (κ3) is 3.48. The molecule has 0 N–H and O–H groups in total. The van der Waals surface area contributed by atoms with Gasteiger partial charge in [0.25, 0.3) is 5.91 Å². The maximum absolute atomic E-state index is 13.1. The normalized spacial score (nSPS) is 12.0. The minimum atomic E-state index is -0.571. The highest BCUT2D eigenvalue weighted by Crippen LogP contribution is 2.19. The van der Waals surface area contributed by atoms with Crippen LogP contribution in [0.3, 0.4) is 0 Å². The number of likely N-dealkylation sites (N-methyl/N-ethyl adjacent to an activating group) is 1. The van der Waals surface area contributed by atoms with Gasteiger partial charge in [-0.2, -0.15) is 5.10 Å². The van der Waals surface area contributed by atoms with E-state index in [-0.39, 0.29) is 5.91 Å². The van der Waals surface area contributed by atoms with Gasteiger partial charge in [0.05, 0.1) is 6.54 Å². The molecule has 1 unspecified atom stereocenters. The number of tetrazole rings is 1. The molecule has 3 rings (SSSR count). The first-order valence-corrected chi connectivity index (χ1v) is 7.83. The van der Waals surface area contributed by atoms with Crippen LogP contribution >= 0.6 is 0 Å². The van der Waals surface area contributed by atoms with Crippen molar-refractivity contribution in [1.82, 2.24) is 34.9 Å². The molecule has 0 radical (unpaired) electrons. The van der Waals surface area contributed by atoms with Gasteiger partial charge in [-0.15, -0.1) is 5.10 Å². The van der Waals surface area contributed by atoms with Crippen molar-refractivity contribution in [2.45, 2.75) is 19.5 Å². The average Bonchev–Trinajstić information content (AvgIpc) is 3.30. The van der Waals surface area contributed by atoms with E-state index < -0.39 is 6.04 Å². The van der Waals surface area contributed by atoms with Crippen molar-refractivity contribution in [1.29, 1.82) is 0 Å². The fourth-order valence-electron chi connectivity index (χ4n) is 2.58. The van der Waals surface area contributed by atoms with Crippen LogP contribution in [0.2, 0.25) is 0 Å². The van der Waals surface area contributed by atoms with Gasteiger partial charge >= 0.3 is 0 Å². The Morgan fingerprint density at radius 3 is 2.71 bits per heavy atom. The number of nitrogens with zero attached hydrogens (tertiary/aromatic N) is 7. The summed E-state index contributed by atoms with van der Waals surface area (Å²) >= 11 is 0. The second kappa shape index (κ2) is 7.49. The first kappa shape index (κ1) is 15.9. The topological polar surface area (TPSA) is 81.7 Å². The lowest BCUT2D eigenvalue weighted by molar-refractivity contribution is -0.133. The molecule has 124 valence electrons. The van der Waals surface area contributed by atoms with Crippen LogP contribution in [0.5, 0.6) is 0 Å². The number of carbonyl (C=O) groups excluding carboxylic acids is 1. The SMILES string of the molecule is CCN(CCn1cccn1)C(=O)C(c1ccccc1)n1cnnn1. The van der Waals surface area contributed by atoms with E-state index >= 15 is 0 Å². The minimum Gasteiger partial charge on any atom is -0.339 e. The Morgan fingerprint density at radius 2 is 2.08 bits per heavy atom. The zero-order valence-corrected chi connectivity index (χ0v) is 13.4. The number of hydrogen-bond acceptors (Lipinski definition) is 5. The lowest BCUT2D eigenvalue weighted by Gasteiger charge is -2.26. The molecular formula is C16H19N7O. The van der Waals surface area contributed by atoms with Crippen molar-refractivity contribution in [3.63, 3.8) is 0 Å². The van der Waals surface area contributed by atoms with Crippen molar-refractivity contribution in [2.24, 2.45) is 0 Å². The zero-order chi connectivity index (χ0) is 16.8. The van der Waals surface area contributed by atoms with Crippen molar-refractivity contribution >= 4 is 5.91 Å². The highest BCUT2D eigenvalue weighted by molar-refractivity contribution is 5.83. The highest BCUT2D eigenvalue weighted by atomic mass is 16.2. The van der Waals surface area contributed by atoms with Gasteiger partial charge in [-0.1, -0.05) is 30.3 Å². The second-order valence-electron chi connectivity index (χ2n) is 5.29. The van der Waals surface area contributed by atoms with Crippen molar-refractivity contribution in [3.8, 4) is 0 Å². The first-order chi connectivity index (χ1) is 11.8. The van der Waals surface area contributed by atoms with E-state index in [1.807, 2.05) is 54.2 Å². The van der Waals surface area contributed by atoms with Crippen LogP contribution in [0.1, 0.15) is 18.5 Å². The van der Waals surface area contributed by atoms with E-state index in [1.54, 1.807) is 11.1 Å². The summed E-state index contributed by atoms with van der Waals surface area (Å²) in [7, 11) is 0. The number of benzene rings is 1. The molecule has 0 aliphatic carbocycles. The second-order valence-corrected chi connectivity index (χ2v) is 5.29. The van der Waals surface area contributed by atoms with Gasteiger partial charge in [0.1, 0.15) is 6.33 Å². The van der Waals surface area contributed by atoms with Crippen LogP contribution in [-0.2, 0) is 11.3 Å². The molecule has 2 heterocycles. The van der Waals surface area contributed by atoms with E-state index in [2.05, 4.69) is 20.6 Å². The molecule has 8 nitrogen and oxygen atoms in total. The number of carbonyl (C=O) groups is 1. The van der Waals surface area contributed by atoms with Gasteiger partial charge in [0.2, 0.25) is 0 Å². The Kier molecular flexibility index (Phi) is 4.95. The Labute approximate surface area is 139 Å². The molecule has 0 bridgehead atoms. The lowest BCUT2D eigenvalue weighted by Crippen LogP contribution is -2.39. The molecule has 0 aliphatic rings. The monoisotopic (exact) mass is 325 g/mol. The summed E-state index contributed by atoms with van der Waals surface area (Å²) in [4.78, 5) is 14.9. The Balaban J connectivity index is 1.81. The van der Waals surface area contributed by atoms with Gasteiger partial charge in [-0.05, 0) is 29.0 Å². The van der Waals surface area contributed by atoms with E-state index in [0.29, 0.717) is 19.6 Å². The van der Waals surface area contributed by atoms with E-state index in [4.69, 9.17) is 0 Å². The molecule has 1 atom stereocenters. The van der Waals surface area contributed by atoms with Crippen molar-refractivity contribution < 1.29 is 4.79 Å². The maximum atomic E-state index is 13.1. The van der Waals surface area contributed by atoms with Gasteiger partial charge in [0.15, 0.2) is 6.04 Å². The molecule has 0 saturated carbocycles. The Hall–Kier alpha value is -3.03. The summed E-state index contributed by atoms with van der Waals surface area (Å²) in [5, 5.41) is 15.4. The molecule has 1 aromatic carbocycles. The molecule has 0 fully saturated rings. The molecule has 0 saturated heterocycles. The summed E-state index contributed by atoms with van der Waals surface area (Å²) in [5.74, 6) is -0.0387. The Bertz CT molecular complexity index is 740. The molecule has 24 heavy (non-hydrogen) atoms. The smallest absolute Gasteiger partial charge is 0.252 e. The van der Waals surface area contributed by atoms with E-state index in [0.717, 1.165) is 5.56 Å². The minimum absolute atomic E-state index is 0.0387. The van der Waals surface area contributed by atoms with Gasteiger partial charge in [-0.25, -0.2) is 4.68 Å². The zero-order valence-electron chi connectivity index (χ0n) is 13.4. The number of aromatic nitrogens is 6. The predicted octanol–water partition coefficient (Wildman–Crippen LogP) is 1.01. The number of rotatable bonds is 7. The van der Waals surface area contributed by atoms with Gasteiger partial charge in [-0.3, -0.25) is 9.48 Å². The van der Waals surface area contributed by atoms with Crippen LogP contribution in [-0.4, -0.2) is 53.9 Å². The molecule has 0 spiro atoms. The summed E-state index contributed by atoms with van der Waals surface area (Å²) < 4.78 is 3.30. The van der Waals surface area contributed by atoms with Crippen LogP contribution in [0.4, 0.5) is 0 Å². The molecule has 0 aliphatic heterocycles. The van der Waals surface area contributed by atoms with Crippen LogP contribution in [0.15, 0.2) is 55.1 Å². The van der Waals surface area contributed by atoms with Gasteiger partial charge < -0.3 is 4.90 Å². The lowest BCUT2D eigenvalue weighted by atomic mass is 10.1.